The maximum Gasteiger partial charge on any atom is 0.335 e. The molecule has 1 amide bonds. The summed E-state index contributed by atoms with van der Waals surface area (Å²) in [6, 6.07) is 11.2. The first-order valence-corrected chi connectivity index (χ1v) is 9.26. The van der Waals surface area contributed by atoms with Crippen LogP contribution in [0.15, 0.2) is 52.4 Å². The van der Waals surface area contributed by atoms with Crippen LogP contribution in [0.25, 0.3) is 6.08 Å². The maximum absolute atomic E-state index is 12.6. The van der Waals surface area contributed by atoms with E-state index in [1.807, 2.05) is 6.92 Å². The number of benzene rings is 2. The standard InChI is InChI=1S/C20H18N2O5S/c1-3-27-15-9-5-6-12(17(15)23)11-16-18(24)22(2)20(28-16)21-14-8-4-7-13(10-14)19(25)26/h4-11,23H,3H2,1-2H3,(H,25,26)/b16-11+,21-20?. The number of hydrogen-bond acceptors (Lipinski definition) is 6. The van der Waals surface area contributed by atoms with Crippen molar-refractivity contribution in [3.63, 3.8) is 0 Å². The molecule has 0 radical (unpaired) electrons. The summed E-state index contributed by atoms with van der Waals surface area (Å²) >= 11 is 1.15. The molecule has 1 heterocycles. The largest absolute Gasteiger partial charge is 0.504 e. The fourth-order valence-electron chi connectivity index (χ4n) is 2.54. The number of amidine groups is 1. The highest BCUT2D eigenvalue weighted by Gasteiger charge is 2.30. The molecule has 7 nitrogen and oxygen atoms in total. The average Bonchev–Trinajstić information content (AvgIpc) is 2.93. The zero-order chi connectivity index (χ0) is 20.3. The Kier molecular flexibility index (Phi) is 5.70. The van der Waals surface area contributed by atoms with Gasteiger partial charge in [0.2, 0.25) is 0 Å². The van der Waals surface area contributed by atoms with Gasteiger partial charge in [-0.05, 0) is 49.0 Å². The Hall–Kier alpha value is -3.26. The van der Waals surface area contributed by atoms with E-state index in [1.54, 1.807) is 43.5 Å². The topological polar surface area (TPSA) is 99.4 Å². The fourth-order valence-corrected chi connectivity index (χ4v) is 3.52. The summed E-state index contributed by atoms with van der Waals surface area (Å²) in [6.07, 6.45) is 1.58. The summed E-state index contributed by atoms with van der Waals surface area (Å²) < 4.78 is 5.37. The molecular formula is C20H18N2O5S. The van der Waals surface area contributed by atoms with Crippen molar-refractivity contribution in [2.75, 3.05) is 13.7 Å². The van der Waals surface area contributed by atoms with Crippen LogP contribution in [-0.4, -0.2) is 45.8 Å². The number of carbonyl (C=O) groups excluding carboxylic acids is 1. The van der Waals surface area contributed by atoms with Crippen molar-refractivity contribution < 1.29 is 24.5 Å². The van der Waals surface area contributed by atoms with E-state index in [4.69, 9.17) is 9.84 Å². The van der Waals surface area contributed by atoms with Crippen LogP contribution in [0.2, 0.25) is 0 Å². The second-order valence-corrected chi connectivity index (χ2v) is 6.86. The lowest BCUT2D eigenvalue weighted by molar-refractivity contribution is -0.121. The van der Waals surface area contributed by atoms with Crippen LogP contribution in [0.5, 0.6) is 11.5 Å². The van der Waals surface area contributed by atoms with Crippen LogP contribution in [0.4, 0.5) is 5.69 Å². The zero-order valence-corrected chi connectivity index (χ0v) is 16.1. The predicted molar refractivity (Wildman–Crippen MR) is 108 cm³/mol. The number of phenolic OH excluding ortho intramolecular Hbond substituents is 1. The quantitative estimate of drug-likeness (QED) is 0.745. The molecule has 0 aromatic heterocycles. The zero-order valence-electron chi connectivity index (χ0n) is 15.2. The van der Waals surface area contributed by atoms with Crippen LogP contribution < -0.4 is 4.74 Å². The number of aliphatic imine (C=N–C) groups is 1. The molecule has 0 atom stereocenters. The van der Waals surface area contributed by atoms with Crippen molar-refractivity contribution in [2.24, 2.45) is 4.99 Å². The molecular weight excluding hydrogens is 380 g/mol. The lowest BCUT2D eigenvalue weighted by Gasteiger charge is -2.08. The SMILES string of the molecule is CCOc1cccc(/C=C2/SC(=Nc3cccc(C(=O)O)c3)N(C)C2=O)c1O. The van der Waals surface area contributed by atoms with Crippen LogP contribution in [-0.2, 0) is 4.79 Å². The number of thioether (sulfide) groups is 1. The summed E-state index contributed by atoms with van der Waals surface area (Å²) in [5.41, 5.74) is 1.01. The third-order valence-corrected chi connectivity index (χ3v) is 5.00. The minimum Gasteiger partial charge on any atom is -0.504 e. The van der Waals surface area contributed by atoms with Crippen molar-refractivity contribution in [1.82, 2.24) is 4.90 Å². The third kappa shape index (κ3) is 4.01. The highest BCUT2D eigenvalue weighted by Crippen LogP contribution is 2.37. The Morgan fingerprint density at radius 2 is 2.04 bits per heavy atom. The lowest BCUT2D eigenvalue weighted by atomic mass is 10.1. The number of hydrogen-bond donors (Lipinski definition) is 2. The monoisotopic (exact) mass is 398 g/mol. The molecule has 2 aromatic carbocycles. The molecule has 0 unspecified atom stereocenters. The van der Waals surface area contributed by atoms with Gasteiger partial charge in [-0.1, -0.05) is 18.2 Å². The molecule has 0 spiro atoms. The van der Waals surface area contributed by atoms with E-state index in [0.717, 1.165) is 11.8 Å². The summed E-state index contributed by atoms with van der Waals surface area (Å²) in [5.74, 6) is -0.998. The van der Waals surface area contributed by atoms with Gasteiger partial charge in [-0.15, -0.1) is 0 Å². The van der Waals surface area contributed by atoms with E-state index in [9.17, 15) is 14.7 Å². The Balaban J connectivity index is 1.92. The average molecular weight is 398 g/mol. The number of aromatic hydroxyl groups is 1. The predicted octanol–water partition coefficient (Wildman–Crippen LogP) is 3.72. The smallest absolute Gasteiger partial charge is 0.335 e. The van der Waals surface area contributed by atoms with Gasteiger partial charge in [0.05, 0.1) is 22.8 Å². The third-order valence-electron chi connectivity index (χ3n) is 3.94. The maximum atomic E-state index is 12.6. The normalized spacial score (nSPS) is 16.8. The highest BCUT2D eigenvalue weighted by molar-refractivity contribution is 8.18. The number of likely N-dealkylation sites (N-methyl/N-ethyl adjacent to an activating group) is 1. The number of rotatable bonds is 5. The van der Waals surface area contributed by atoms with E-state index >= 15 is 0 Å². The molecule has 28 heavy (non-hydrogen) atoms. The van der Waals surface area contributed by atoms with Crippen molar-refractivity contribution in [2.45, 2.75) is 6.92 Å². The first-order valence-electron chi connectivity index (χ1n) is 8.45. The van der Waals surface area contributed by atoms with Crippen LogP contribution in [0.3, 0.4) is 0 Å². The molecule has 2 N–H and O–H groups in total. The molecule has 144 valence electrons. The van der Waals surface area contributed by atoms with Crippen LogP contribution in [0, 0.1) is 0 Å². The number of phenols is 1. The van der Waals surface area contributed by atoms with Crippen molar-refractivity contribution in [1.29, 1.82) is 0 Å². The second-order valence-electron chi connectivity index (χ2n) is 5.85. The van der Waals surface area contributed by atoms with E-state index in [-0.39, 0.29) is 17.2 Å². The van der Waals surface area contributed by atoms with Gasteiger partial charge < -0.3 is 14.9 Å². The Morgan fingerprint density at radius 3 is 2.75 bits per heavy atom. The molecule has 0 bridgehead atoms. The molecule has 8 heteroatoms. The minimum absolute atomic E-state index is 0.0348. The summed E-state index contributed by atoms with van der Waals surface area (Å²) in [5, 5.41) is 19.8. The molecule has 0 saturated carbocycles. The number of aromatic carboxylic acids is 1. The van der Waals surface area contributed by atoms with Crippen molar-refractivity contribution >= 4 is 40.6 Å². The molecule has 2 aromatic rings. The molecule has 1 aliphatic heterocycles. The van der Waals surface area contributed by atoms with Gasteiger partial charge in [0.1, 0.15) is 0 Å². The van der Waals surface area contributed by atoms with Gasteiger partial charge >= 0.3 is 5.97 Å². The Bertz CT molecular complexity index is 1000. The van der Waals surface area contributed by atoms with Gasteiger partial charge in [0, 0.05) is 12.6 Å². The number of ether oxygens (including phenoxy) is 1. The van der Waals surface area contributed by atoms with Crippen molar-refractivity contribution in [3.05, 3.63) is 58.5 Å². The minimum atomic E-state index is -1.05. The number of carboxylic acids is 1. The van der Waals surface area contributed by atoms with E-state index < -0.39 is 5.97 Å². The summed E-state index contributed by atoms with van der Waals surface area (Å²) in [4.78, 5) is 29.8. The number of para-hydroxylation sites is 1. The van der Waals surface area contributed by atoms with Crippen molar-refractivity contribution in [3.8, 4) is 11.5 Å². The molecule has 1 saturated heterocycles. The lowest BCUT2D eigenvalue weighted by Crippen LogP contribution is -2.23. The van der Waals surface area contributed by atoms with Gasteiger partial charge in [0.15, 0.2) is 16.7 Å². The number of nitrogens with zero attached hydrogens (tertiary/aromatic N) is 2. The first kappa shape index (κ1) is 19.5. The summed E-state index contributed by atoms with van der Waals surface area (Å²) in [7, 11) is 1.59. The number of amides is 1. The van der Waals surface area contributed by atoms with Gasteiger partial charge in [-0.3, -0.25) is 9.69 Å². The summed E-state index contributed by atoms with van der Waals surface area (Å²) in [6.45, 7) is 2.23. The highest BCUT2D eigenvalue weighted by atomic mass is 32.2. The molecule has 1 aliphatic rings. The molecule has 3 rings (SSSR count). The van der Waals surface area contributed by atoms with Gasteiger partial charge in [-0.2, -0.15) is 0 Å². The van der Waals surface area contributed by atoms with E-state index in [2.05, 4.69) is 4.99 Å². The fraction of sp³-hybridized carbons (Fsp3) is 0.150. The number of carboxylic acid groups (broad SMARTS) is 1. The van der Waals surface area contributed by atoms with Crippen LogP contribution in [0.1, 0.15) is 22.8 Å². The van der Waals surface area contributed by atoms with Gasteiger partial charge in [-0.25, -0.2) is 9.79 Å². The van der Waals surface area contributed by atoms with E-state index in [0.29, 0.717) is 33.7 Å². The van der Waals surface area contributed by atoms with E-state index in [1.165, 1.54) is 17.0 Å². The number of carbonyl (C=O) groups is 2. The molecule has 1 fully saturated rings. The second kappa shape index (κ2) is 8.18. The first-order chi connectivity index (χ1) is 13.4. The van der Waals surface area contributed by atoms with Gasteiger partial charge in [0.25, 0.3) is 5.91 Å². The molecule has 0 aliphatic carbocycles. The van der Waals surface area contributed by atoms with Crippen LogP contribution >= 0.6 is 11.8 Å². The Labute approximate surface area is 166 Å². The Morgan fingerprint density at radius 1 is 1.29 bits per heavy atom.